The summed E-state index contributed by atoms with van der Waals surface area (Å²) in [6.07, 6.45) is 1.45. The summed E-state index contributed by atoms with van der Waals surface area (Å²) in [7, 11) is 0. The third kappa shape index (κ3) is 5.89. The minimum atomic E-state index is -2.10. The first kappa shape index (κ1) is 20.5. The van der Waals surface area contributed by atoms with Gasteiger partial charge in [0.05, 0.1) is 11.7 Å². The number of thiazole rings is 1. The van der Waals surface area contributed by atoms with Crippen LogP contribution in [0, 0.1) is 5.41 Å². The Hall–Kier alpha value is -1.77. The van der Waals surface area contributed by atoms with Crippen molar-refractivity contribution in [2.45, 2.75) is 46.6 Å². The molecule has 0 aliphatic heterocycles. The maximum absolute atomic E-state index is 12.5. The van der Waals surface area contributed by atoms with Crippen molar-refractivity contribution in [3.63, 3.8) is 0 Å². The van der Waals surface area contributed by atoms with E-state index in [9.17, 15) is 9.00 Å². The lowest BCUT2D eigenvalue weighted by molar-refractivity contribution is -0.129. The number of carbonyl (C=O) groups is 1. The van der Waals surface area contributed by atoms with Gasteiger partial charge in [0.1, 0.15) is 5.01 Å². The van der Waals surface area contributed by atoms with Gasteiger partial charge in [0.25, 0.3) is 11.3 Å². The van der Waals surface area contributed by atoms with Crippen LogP contribution in [0.3, 0.4) is 0 Å². The first-order valence-electron chi connectivity index (χ1n) is 8.40. The highest BCUT2D eigenvalue weighted by atomic mass is 32.2. The number of hydrogen-bond donors (Lipinski definition) is 3. The van der Waals surface area contributed by atoms with Crippen LogP contribution in [0.25, 0.3) is 0 Å². The summed E-state index contributed by atoms with van der Waals surface area (Å²) in [5, 5.41) is 6.02. The maximum Gasteiger partial charge on any atom is 0.259 e. The maximum atomic E-state index is 12.5. The van der Waals surface area contributed by atoms with Gasteiger partial charge in [-0.25, -0.2) is 9.19 Å². The Kier molecular flexibility index (Phi) is 6.91. The summed E-state index contributed by atoms with van der Waals surface area (Å²) < 4.78 is 22.1. The fraction of sp³-hybridized carbons (Fsp3) is 0.444. The predicted octanol–water partition coefficient (Wildman–Crippen LogP) is 3.70. The van der Waals surface area contributed by atoms with Crippen LogP contribution < -0.4 is 10.0 Å². The van der Waals surface area contributed by atoms with Gasteiger partial charge in [-0.1, -0.05) is 39.8 Å². The zero-order valence-corrected chi connectivity index (χ0v) is 17.0. The van der Waals surface area contributed by atoms with Crippen molar-refractivity contribution in [2.24, 2.45) is 5.41 Å². The van der Waals surface area contributed by atoms with Crippen LogP contribution in [-0.2, 0) is 28.9 Å². The topological polar surface area (TPSA) is 91.3 Å². The van der Waals surface area contributed by atoms with Crippen molar-refractivity contribution in [3.05, 3.63) is 45.9 Å². The number of aryl methyl sites for hydroxylation is 1. The molecule has 0 radical (unpaired) electrons. The number of rotatable bonds is 7. The minimum Gasteiger partial charge on any atom is -0.346 e. The minimum absolute atomic E-state index is 0.0234. The zero-order chi connectivity index (χ0) is 19.3. The largest absolute Gasteiger partial charge is 0.346 e. The highest BCUT2D eigenvalue weighted by Crippen LogP contribution is 2.25. The Labute approximate surface area is 160 Å². The van der Waals surface area contributed by atoms with Gasteiger partial charge in [-0.15, -0.1) is 11.3 Å². The highest BCUT2D eigenvalue weighted by molar-refractivity contribution is 7.80. The summed E-state index contributed by atoms with van der Waals surface area (Å²) in [5.41, 5.74) is 2.10. The van der Waals surface area contributed by atoms with Gasteiger partial charge in [-0.3, -0.25) is 14.1 Å². The van der Waals surface area contributed by atoms with Crippen LogP contribution in [0.4, 0.5) is 5.69 Å². The Morgan fingerprint density at radius 1 is 1.31 bits per heavy atom. The molecule has 0 spiro atoms. The molecule has 26 heavy (non-hydrogen) atoms. The van der Waals surface area contributed by atoms with E-state index in [1.165, 1.54) is 0 Å². The van der Waals surface area contributed by atoms with Crippen LogP contribution in [-0.4, -0.2) is 19.7 Å². The van der Waals surface area contributed by atoms with Crippen LogP contribution in [0.1, 0.15) is 50.0 Å². The van der Waals surface area contributed by atoms with E-state index in [1.807, 2.05) is 38.3 Å². The molecule has 3 N–H and O–H groups in total. The van der Waals surface area contributed by atoms with E-state index in [2.05, 4.69) is 21.9 Å². The summed E-state index contributed by atoms with van der Waals surface area (Å²) in [5.74, 6) is -0.0234. The highest BCUT2D eigenvalue weighted by Gasteiger charge is 2.26. The second-order valence-corrected chi connectivity index (χ2v) is 8.65. The van der Waals surface area contributed by atoms with E-state index < -0.39 is 16.7 Å². The molecule has 2 unspecified atom stereocenters. The van der Waals surface area contributed by atoms with E-state index in [0.717, 1.165) is 22.7 Å². The molecular weight excluding hydrogens is 370 g/mol. The number of aromatic nitrogens is 1. The van der Waals surface area contributed by atoms with Gasteiger partial charge in [0, 0.05) is 16.5 Å². The summed E-state index contributed by atoms with van der Waals surface area (Å²) >= 11 is -0.541. The smallest absolute Gasteiger partial charge is 0.259 e. The first-order valence-corrected chi connectivity index (χ1v) is 10.4. The third-order valence-corrected chi connectivity index (χ3v) is 5.23. The molecule has 2 atom stereocenters. The average molecular weight is 396 g/mol. The number of benzene rings is 1. The number of nitrogens with zero attached hydrogens (tertiary/aromatic N) is 1. The summed E-state index contributed by atoms with van der Waals surface area (Å²) in [6.45, 7) is 7.70. The number of hydrogen-bond acceptors (Lipinski definition) is 4. The summed E-state index contributed by atoms with van der Waals surface area (Å²) in [6, 6.07) is 7.02. The molecule has 142 valence electrons. The molecule has 0 bridgehead atoms. The van der Waals surface area contributed by atoms with Crippen LogP contribution in [0.5, 0.6) is 0 Å². The van der Waals surface area contributed by atoms with E-state index in [-0.39, 0.29) is 11.9 Å². The Balaban J connectivity index is 2.20. The number of amides is 1. The second kappa shape index (κ2) is 8.75. The van der Waals surface area contributed by atoms with Crippen molar-refractivity contribution in [3.8, 4) is 0 Å². The van der Waals surface area contributed by atoms with Gasteiger partial charge in [0.15, 0.2) is 0 Å². The van der Waals surface area contributed by atoms with E-state index in [0.29, 0.717) is 12.1 Å². The van der Waals surface area contributed by atoms with Gasteiger partial charge in [-0.2, -0.15) is 0 Å². The lowest BCUT2D eigenvalue weighted by Gasteiger charge is -2.23. The van der Waals surface area contributed by atoms with Gasteiger partial charge in [-0.05, 0) is 30.5 Å². The van der Waals surface area contributed by atoms with Gasteiger partial charge in [0.2, 0.25) is 5.91 Å². The number of carbonyl (C=O) groups excluding carboxylic acids is 1. The standard InChI is InChI=1S/C18H25N3O3S2/c1-5-13-11-25-16(19-13)15(20-17(22)18(2,3)4)10-12-6-8-14(9-7-12)21-26(23)24/h6-9,11,15,21H,5,10H2,1-4H3,(H,20,22)(H,23,24). The van der Waals surface area contributed by atoms with E-state index in [4.69, 9.17) is 4.55 Å². The average Bonchev–Trinajstić information content (AvgIpc) is 3.03. The third-order valence-electron chi connectivity index (χ3n) is 3.82. The molecule has 0 saturated heterocycles. The second-order valence-electron chi connectivity index (χ2n) is 7.06. The van der Waals surface area contributed by atoms with Crippen LogP contribution >= 0.6 is 11.3 Å². The molecule has 1 aromatic carbocycles. The molecule has 1 heterocycles. The molecule has 2 rings (SSSR count). The SMILES string of the molecule is CCc1csc(C(Cc2ccc(NS(=O)O)cc2)NC(=O)C(C)(C)C)n1. The van der Waals surface area contributed by atoms with Crippen LogP contribution in [0.15, 0.2) is 29.6 Å². The van der Waals surface area contributed by atoms with Crippen molar-refractivity contribution in [1.82, 2.24) is 10.3 Å². The van der Waals surface area contributed by atoms with Crippen LogP contribution in [0.2, 0.25) is 0 Å². The van der Waals surface area contributed by atoms with E-state index >= 15 is 0 Å². The molecule has 1 amide bonds. The molecule has 0 aliphatic carbocycles. The number of anilines is 1. The number of nitrogens with one attached hydrogen (secondary N) is 2. The fourth-order valence-corrected chi connectivity index (χ4v) is 3.56. The first-order chi connectivity index (χ1) is 12.2. The van der Waals surface area contributed by atoms with E-state index in [1.54, 1.807) is 23.5 Å². The predicted molar refractivity (Wildman–Crippen MR) is 106 cm³/mol. The normalized spacial score (nSPS) is 13.9. The quantitative estimate of drug-likeness (QED) is 0.624. The van der Waals surface area contributed by atoms with Crippen molar-refractivity contribution >= 4 is 34.2 Å². The van der Waals surface area contributed by atoms with Crippen molar-refractivity contribution in [2.75, 3.05) is 4.72 Å². The molecule has 1 aromatic heterocycles. The molecule has 2 aromatic rings. The Morgan fingerprint density at radius 2 is 1.96 bits per heavy atom. The van der Waals surface area contributed by atoms with Crippen molar-refractivity contribution < 1.29 is 13.6 Å². The Morgan fingerprint density at radius 3 is 2.46 bits per heavy atom. The molecule has 8 heteroatoms. The molecular formula is C18H25N3O3S2. The fourth-order valence-electron chi connectivity index (χ4n) is 2.27. The van der Waals surface area contributed by atoms with Gasteiger partial charge < -0.3 is 5.32 Å². The lowest BCUT2D eigenvalue weighted by atomic mass is 9.94. The molecule has 0 aliphatic rings. The summed E-state index contributed by atoms with van der Waals surface area (Å²) in [4.78, 5) is 17.1. The zero-order valence-electron chi connectivity index (χ0n) is 15.4. The van der Waals surface area contributed by atoms with Gasteiger partial charge >= 0.3 is 0 Å². The molecule has 0 saturated carbocycles. The monoisotopic (exact) mass is 395 g/mol. The Bertz CT molecular complexity index is 767. The molecule has 0 fully saturated rings. The molecule has 6 nitrogen and oxygen atoms in total. The lowest BCUT2D eigenvalue weighted by Crippen LogP contribution is -2.38. The van der Waals surface area contributed by atoms with Crippen molar-refractivity contribution in [1.29, 1.82) is 0 Å².